The van der Waals surface area contributed by atoms with Crippen molar-refractivity contribution in [3.05, 3.63) is 101 Å². The Morgan fingerprint density at radius 2 is 1.59 bits per heavy atom. The van der Waals surface area contributed by atoms with Crippen molar-refractivity contribution in [2.24, 2.45) is 0 Å². The monoisotopic (exact) mass is 426 g/mol. The number of ketones is 1. The topological polar surface area (TPSA) is 66.5 Å². The van der Waals surface area contributed by atoms with Crippen molar-refractivity contribution in [2.75, 3.05) is 18.0 Å². The molecule has 1 heterocycles. The number of Topliss-reactive ketones (excluding diaryl/α,β-unsaturated/α-hetero) is 1. The maximum absolute atomic E-state index is 12.7. The summed E-state index contributed by atoms with van der Waals surface area (Å²) in [6.07, 6.45) is 2.14. The van der Waals surface area contributed by atoms with Crippen LogP contribution in [0, 0.1) is 0 Å². The Hall–Kier alpha value is -3.73. The molecule has 0 fully saturated rings. The summed E-state index contributed by atoms with van der Waals surface area (Å²) in [5.41, 5.74) is 4.69. The molecule has 0 aromatic heterocycles. The normalized spacial score (nSPS) is 12.5. The molecule has 0 atom stereocenters. The van der Waals surface area contributed by atoms with Gasteiger partial charge in [0.2, 0.25) is 12.3 Å². The predicted molar refractivity (Wildman–Crippen MR) is 125 cm³/mol. The van der Waals surface area contributed by atoms with Crippen LogP contribution in [0.15, 0.2) is 78.9 Å². The molecule has 0 unspecified atom stereocenters. The highest BCUT2D eigenvalue weighted by Crippen LogP contribution is 2.29. The number of nitrogens with one attached hydrogen (secondary N) is 1. The number of carbonyl (C=O) groups excluding carboxylic acids is 3. The van der Waals surface area contributed by atoms with E-state index in [2.05, 4.69) is 5.32 Å². The zero-order valence-electron chi connectivity index (χ0n) is 17.9. The maximum atomic E-state index is 12.7. The van der Waals surface area contributed by atoms with Gasteiger partial charge in [-0.25, -0.2) is 0 Å². The first-order valence-electron chi connectivity index (χ1n) is 10.9. The molecule has 1 aliphatic rings. The van der Waals surface area contributed by atoms with E-state index in [0.29, 0.717) is 25.1 Å². The molecule has 4 rings (SSSR count). The van der Waals surface area contributed by atoms with Crippen LogP contribution in [-0.2, 0) is 16.0 Å². The maximum Gasteiger partial charge on any atom is 0.220 e. The molecule has 0 spiro atoms. The summed E-state index contributed by atoms with van der Waals surface area (Å²) in [6, 6.07) is 25.4. The summed E-state index contributed by atoms with van der Waals surface area (Å²) in [7, 11) is 0. The Kier molecular flexibility index (Phi) is 6.75. The number of benzene rings is 3. The van der Waals surface area contributed by atoms with E-state index in [0.717, 1.165) is 35.2 Å². The van der Waals surface area contributed by atoms with Crippen molar-refractivity contribution in [3.63, 3.8) is 0 Å². The van der Waals surface area contributed by atoms with Crippen LogP contribution in [0.3, 0.4) is 0 Å². The van der Waals surface area contributed by atoms with E-state index >= 15 is 0 Å². The van der Waals surface area contributed by atoms with Gasteiger partial charge in [-0.15, -0.1) is 0 Å². The molecular formula is C27H26N2O3. The molecule has 0 bridgehead atoms. The average Bonchev–Trinajstić information content (AvgIpc) is 3.26. The number of hydrogen-bond donors (Lipinski definition) is 1. The van der Waals surface area contributed by atoms with Crippen molar-refractivity contribution in [3.8, 4) is 0 Å². The Balaban J connectivity index is 1.34. The van der Waals surface area contributed by atoms with E-state index in [4.69, 9.17) is 0 Å². The van der Waals surface area contributed by atoms with Crippen LogP contribution in [0.4, 0.5) is 5.69 Å². The molecular weight excluding hydrogens is 400 g/mol. The molecule has 3 aromatic carbocycles. The van der Waals surface area contributed by atoms with Crippen LogP contribution in [0.2, 0.25) is 0 Å². The lowest BCUT2D eigenvalue weighted by Crippen LogP contribution is -2.27. The van der Waals surface area contributed by atoms with E-state index in [1.165, 1.54) is 0 Å². The second kappa shape index (κ2) is 10.1. The van der Waals surface area contributed by atoms with Gasteiger partial charge in [-0.3, -0.25) is 14.4 Å². The third-order valence-corrected chi connectivity index (χ3v) is 5.93. The second-order valence-electron chi connectivity index (χ2n) is 7.99. The number of hydrogen-bond acceptors (Lipinski definition) is 3. The minimum absolute atomic E-state index is 0.0136. The van der Waals surface area contributed by atoms with Gasteiger partial charge < -0.3 is 10.2 Å². The fourth-order valence-corrected chi connectivity index (χ4v) is 4.23. The smallest absolute Gasteiger partial charge is 0.220 e. The van der Waals surface area contributed by atoms with Gasteiger partial charge in [-0.1, -0.05) is 60.7 Å². The van der Waals surface area contributed by atoms with Gasteiger partial charge in [0, 0.05) is 43.1 Å². The first-order valence-corrected chi connectivity index (χ1v) is 10.9. The minimum Gasteiger partial charge on any atom is -0.356 e. The van der Waals surface area contributed by atoms with Crippen LogP contribution in [0.1, 0.15) is 45.8 Å². The van der Waals surface area contributed by atoms with E-state index in [9.17, 15) is 14.4 Å². The molecule has 2 amide bonds. The molecule has 5 nitrogen and oxygen atoms in total. The zero-order chi connectivity index (χ0) is 22.3. The average molecular weight is 427 g/mol. The van der Waals surface area contributed by atoms with Crippen LogP contribution in [0.25, 0.3) is 0 Å². The number of amides is 2. The Morgan fingerprint density at radius 3 is 2.22 bits per heavy atom. The highest BCUT2D eigenvalue weighted by molar-refractivity contribution is 5.97. The van der Waals surface area contributed by atoms with Crippen LogP contribution in [-0.4, -0.2) is 31.2 Å². The molecule has 1 N–H and O–H groups in total. The number of rotatable bonds is 9. The second-order valence-corrected chi connectivity index (χ2v) is 7.99. The van der Waals surface area contributed by atoms with Crippen LogP contribution >= 0.6 is 0 Å². The molecule has 1 aliphatic heterocycles. The SMILES string of the molecule is O=CN1CCc2cc(C(=O)CCNC(=O)CC(c3ccccc3)c3ccccc3)ccc21. The van der Waals surface area contributed by atoms with Gasteiger partial charge in [0.05, 0.1) is 0 Å². The van der Waals surface area contributed by atoms with Gasteiger partial charge in [0.15, 0.2) is 5.78 Å². The van der Waals surface area contributed by atoms with Gasteiger partial charge in [0.25, 0.3) is 0 Å². The first-order chi connectivity index (χ1) is 15.7. The van der Waals surface area contributed by atoms with Crippen LogP contribution in [0.5, 0.6) is 0 Å². The lowest BCUT2D eigenvalue weighted by molar-refractivity contribution is -0.121. The van der Waals surface area contributed by atoms with E-state index < -0.39 is 0 Å². The molecule has 162 valence electrons. The van der Waals surface area contributed by atoms with Gasteiger partial charge in [-0.05, 0) is 41.3 Å². The van der Waals surface area contributed by atoms with Gasteiger partial charge in [0.1, 0.15) is 0 Å². The zero-order valence-corrected chi connectivity index (χ0v) is 17.9. The summed E-state index contributed by atoms with van der Waals surface area (Å²) in [4.78, 5) is 38.0. The Bertz CT molecular complexity index is 1060. The highest BCUT2D eigenvalue weighted by Gasteiger charge is 2.21. The fourth-order valence-electron chi connectivity index (χ4n) is 4.23. The molecule has 0 saturated carbocycles. The van der Waals surface area contributed by atoms with E-state index in [-0.39, 0.29) is 24.0 Å². The lowest BCUT2D eigenvalue weighted by Gasteiger charge is -2.18. The molecule has 3 aromatic rings. The third-order valence-electron chi connectivity index (χ3n) is 5.93. The molecule has 0 saturated heterocycles. The quantitative estimate of drug-likeness (QED) is 0.414. The molecule has 32 heavy (non-hydrogen) atoms. The molecule has 0 radical (unpaired) electrons. The number of nitrogens with zero attached hydrogens (tertiary/aromatic N) is 1. The molecule has 5 heteroatoms. The number of fused-ring (bicyclic) bond motifs is 1. The summed E-state index contributed by atoms with van der Waals surface area (Å²) < 4.78 is 0. The van der Waals surface area contributed by atoms with Crippen molar-refractivity contribution in [1.82, 2.24) is 5.32 Å². The minimum atomic E-state index is -0.0777. The number of carbonyl (C=O) groups is 3. The van der Waals surface area contributed by atoms with Crippen LogP contribution < -0.4 is 10.2 Å². The van der Waals surface area contributed by atoms with E-state index in [1.54, 1.807) is 11.0 Å². The standard InChI is InChI=1S/C27H26N2O3/c30-19-29-16-14-22-17-23(11-12-25(22)29)26(31)13-15-28-27(32)18-24(20-7-3-1-4-8-20)21-9-5-2-6-10-21/h1-12,17,19,24H,13-16,18H2,(H,28,32). The summed E-state index contributed by atoms with van der Waals surface area (Å²) in [5, 5.41) is 2.91. The number of anilines is 1. The van der Waals surface area contributed by atoms with Crippen molar-refractivity contribution >= 4 is 23.8 Å². The van der Waals surface area contributed by atoms with Crippen molar-refractivity contribution in [2.45, 2.75) is 25.2 Å². The lowest BCUT2D eigenvalue weighted by atomic mass is 9.88. The highest BCUT2D eigenvalue weighted by atomic mass is 16.2. The largest absolute Gasteiger partial charge is 0.356 e. The Labute approximate surface area is 188 Å². The summed E-state index contributed by atoms with van der Waals surface area (Å²) >= 11 is 0. The Morgan fingerprint density at radius 1 is 0.938 bits per heavy atom. The van der Waals surface area contributed by atoms with E-state index in [1.807, 2.05) is 72.8 Å². The third kappa shape index (κ3) is 4.94. The molecule has 0 aliphatic carbocycles. The van der Waals surface area contributed by atoms with Crippen molar-refractivity contribution in [1.29, 1.82) is 0 Å². The predicted octanol–water partition coefficient (Wildman–Crippen LogP) is 4.12. The summed E-state index contributed by atoms with van der Waals surface area (Å²) in [5.74, 6) is -0.128. The van der Waals surface area contributed by atoms with Gasteiger partial charge >= 0.3 is 0 Å². The fraction of sp³-hybridized carbons (Fsp3) is 0.222. The van der Waals surface area contributed by atoms with Gasteiger partial charge in [-0.2, -0.15) is 0 Å². The summed E-state index contributed by atoms with van der Waals surface area (Å²) in [6.45, 7) is 0.946. The first kappa shape index (κ1) is 21.5. The van der Waals surface area contributed by atoms with Crippen molar-refractivity contribution < 1.29 is 14.4 Å².